The third-order valence-corrected chi connectivity index (χ3v) is 3.58. The number of hydrogen-bond acceptors (Lipinski definition) is 2. The van der Waals surface area contributed by atoms with Crippen molar-refractivity contribution in [2.45, 2.75) is 12.5 Å². The lowest BCUT2D eigenvalue weighted by Gasteiger charge is -2.13. The van der Waals surface area contributed by atoms with Gasteiger partial charge in [-0.25, -0.2) is 0 Å². The van der Waals surface area contributed by atoms with Crippen LogP contribution in [0.2, 0.25) is 0 Å². The van der Waals surface area contributed by atoms with Crippen molar-refractivity contribution < 1.29 is 9.84 Å². The lowest BCUT2D eigenvalue weighted by atomic mass is 10.1. The minimum Gasteiger partial charge on any atom is -0.493 e. The number of fused-ring (bicyclic) bond motifs is 1. The first-order valence-electron chi connectivity index (χ1n) is 7.18. The van der Waals surface area contributed by atoms with Gasteiger partial charge in [-0.05, 0) is 17.0 Å². The second-order valence-corrected chi connectivity index (χ2v) is 5.04. The highest BCUT2D eigenvalue weighted by Crippen LogP contribution is 2.26. The topological polar surface area (TPSA) is 29.5 Å². The normalized spacial score (nSPS) is 12.2. The summed E-state index contributed by atoms with van der Waals surface area (Å²) < 4.78 is 5.85. The van der Waals surface area contributed by atoms with Gasteiger partial charge in [0.25, 0.3) is 0 Å². The highest BCUT2D eigenvalue weighted by molar-refractivity contribution is 5.88. The molecule has 21 heavy (non-hydrogen) atoms. The van der Waals surface area contributed by atoms with Crippen LogP contribution in [0.1, 0.15) is 18.1 Å². The molecule has 0 spiro atoms. The van der Waals surface area contributed by atoms with Crippen LogP contribution < -0.4 is 4.74 Å². The molecule has 0 aliphatic heterocycles. The van der Waals surface area contributed by atoms with E-state index in [1.165, 1.54) is 5.39 Å². The van der Waals surface area contributed by atoms with Gasteiger partial charge in [-0.15, -0.1) is 0 Å². The van der Waals surface area contributed by atoms with E-state index in [1.54, 1.807) is 0 Å². The number of hydrogen-bond donors (Lipinski definition) is 1. The summed E-state index contributed by atoms with van der Waals surface area (Å²) in [6.07, 6.45) is 0.0916. The Kier molecular flexibility index (Phi) is 4.17. The van der Waals surface area contributed by atoms with Crippen LogP contribution in [0.25, 0.3) is 10.8 Å². The zero-order valence-corrected chi connectivity index (χ0v) is 11.8. The summed E-state index contributed by atoms with van der Waals surface area (Å²) in [6.45, 7) is 0.490. The standard InChI is InChI=1S/C19H18O2/c20-18(16-8-2-1-3-9-16)13-14-21-19-12-6-10-15-7-4-5-11-17(15)19/h1-12,18,20H,13-14H2. The van der Waals surface area contributed by atoms with Crippen molar-refractivity contribution in [3.05, 3.63) is 78.4 Å². The lowest BCUT2D eigenvalue weighted by Crippen LogP contribution is -2.05. The van der Waals surface area contributed by atoms with Crippen molar-refractivity contribution in [3.63, 3.8) is 0 Å². The van der Waals surface area contributed by atoms with Crippen LogP contribution in [0, 0.1) is 0 Å². The van der Waals surface area contributed by atoms with Gasteiger partial charge in [0.2, 0.25) is 0 Å². The van der Waals surface area contributed by atoms with Crippen molar-refractivity contribution in [2.24, 2.45) is 0 Å². The monoisotopic (exact) mass is 278 g/mol. The quantitative estimate of drug-likeness (QED) is 0.752. The van der Waals surface area contributed by atoms with Gasteiger partial charge >= 0.3 is 0 Å². The van der Waals surface area contributed by atoms with Gasteiger partial charge in [-0.2, -0.15) is 0 Å². The van der Waals surface area contributed by atoms with E-state index in [9.17, 15) is 5.11 Å². The third kappa shape index (κ3) is 3.23. The fraction of sp³-hybridized carbons (Fsp3) is 0.158. The van der Waals surface area contributed by atoms with Crippen LogP contribution in [0.3, 0.4) is 0 Å². The molecule has 2 heteroatoms. The highest BCUT2D eigenvalue weighted by Gasteiger charge is 2.07. The predicted octanol–water partition coefficient (Wildman–Crippen LogP) is 4.34. The predicted molar refractivity (Wildman–Crippen MR) is 85.5 cm³/mol. The van der Waals surface area contributed by atoms with Crippen molar-refractivity contribution in [1.82, 2.24) is 0 Å². The van der Waals surface area contributed by atoms with E-state index in [-0.39, 0.29) is 0 Å². The Morgan fingerprint density at radius 3 is 2.38 bits per heavy atom. The summed E-state index contributed by atoms with van der Waals surface area (Å²) >= 11 is 0. The molecule has 0 saturated heterocycles. The van der Waals surface area contributed by atoms with Gasteiger partial charge in [-0.3, -0.25) is 0 Å². The van der Waals surface area contributed by atoms with E-state index in [2.05, 4.69) is 18.2 Å². The van der Waals surface area contributed by atoms with E-state index in [0.29, 0.717) is 13.0 Å². The Morgan fingerprint density at radius 1 is 0.810 bits per heavy atom. The van der Waals surface area contributed by atoms with Gasteiger partial charge in [0.15, 0.2) is 0 Å². The summed E-state index contributed by atoms with van der Waals surface area (Å²) in [4.78, 5) is 0. The molecular formula is C19H18O2. The molecule has 2 nitrogen and oxygen atoms in total. The summed E-state index contributed by atoms with van der Waals surface area (Å²) in [5.41, 5.74) is 0.930. The van der Waals surface area contributed by atoms with E-state index in [1.807, 2.05) is 54.6 Å². The molecule has 1 unspecified atom stereocenters. The second kappa shape index (κ2) is 6.42. The van der Waals surface area contributed by atoms with Crippen molar-refractivity contribution >= 4 is 10.8 Å². The van der Waals surface area contributed by atoms with Crippen LogP contribution in [-0.4, -0.2) is 11.7 Å². The maximum atomic E-state index is 10.1. The first-order valence-corrected chi connectivity index (χ1v) is 7.18. The molecule has 0 aromatic heterocycles. The minimum absolute atomic E-state index is 0.485. The number of aliphatic hydroxyl groups excluding tert-OH is 1. The molecule has 0 bridgehead atoms. The maximum Gasteiger partial charge on any atom is 0.127 e. The van der Waals surface area contributed by atoms with E-state index >= 15 is 0 Å². The summed E-state index contributed by atoms with van der Waals surface area (Å²) in [5, 5.41) is 12.4. The number of rotatable bonds is 5. The second-order valence-electron chi connectivity index (χ2n) is 5.04. The van der Waals surface area contributed by atoms with E-state index in [4.69, 9.17) is 4.74 Å². The first kappa shape index (κ1) is 13.7. The Balaban J connectivity index is 1.65. The molecule has 0 aliphatic carbocycles. The maximum absolute atomic E-state index is 10.1. The van der Waals surface area contributed by atoms with Crippen LogP contribution in [0.4, 0.5) is 0 Å². The molecule has 0 fully saturated rings. The molecule has 1 N–H and O–H groups in total. The zero-order chi connectivity index (χ0) is 14.5. The average molecular weight is 278 g/mol. The Morgan fingerprint density at radius 2 is 1.52 bits per heavy atom. The van der Waals surface area contributed by atoms with Crippen molar-refractivity contribution in [3.8, 4) is 5.75 Å². The SMILES string of the molecule is OC(CCOc1cccc2ccccc12)c1ccccc1. The average Bonchev–Trinajstić information content (AvgIpc) is 2.56. The molecule has 0 radical (unpaired) electrons. The molecule has 0 heterocycles. The van der Waals surface area contributed by atoms with Crippen LogP contribution in [-0.2, 0) is 0 Å². The number of ether oxygens (including phenoxy) is 1. The molecule has 3 rings (SSSR count). The minimum atomic E-state index is -0.485. The molecule has 3 aromatic rings. The molecule has 0 amide bonds. The summed E-state index contributed by atoms with van der Waals surface area (Å²) in [5.74, 6) is 0.869. The molecule has 1 atom stereocenters. The third-order valence-electron chi connectivity index (χ3n) is 3.58. The largest absolute Gasteiger partial charge is 0.493 e. The van der Waals surface area contributed by atoms with Gasteiger partial charge in [-0.1, -0.05) is 66.7 Å². The first-order chi connectivity index (χ1) is 10.3. The molecule has 0 aliphatic rings. The smallest absolute Gasteiger partial charge is 0.127 e. The fourth-order valence-electron chi connectivity index (χ4n) is 2.44. The molecule has 3 aromatic carbocycles. The zero-order valence-electron chi connectivity index (χ0n) is 11.8. The van der Waals surface area contributed by atoms with Crippen LogP contribution in [0.15, 0.2) is 72.8 Å². The Labute approximate surface area is 124 Å². The van der Waals surface area contributed by atoms with Crippen LogP contribution >= 0.6 is 0 Å². The number of benzene rings is 3. The van der Waals surface area contributed by atoms with Crippen molar-refractivity contribution in [2.75, 3.05) is 6.61 Å². The molecule has 0 saturated carbocycles. The molecular weight excluding hydrogens is 260 g/mol. The van der Waals surface area contributed by atoms with Gasteiger partial charge in [0, 0.05) is 11.8 Å². The Hall–Kier alpha value is -2.32. The highest BCUT2D eigenvalue weighted by atomic mass is 16.5. The van der Waals surface area contributed by atoms with Crippen molar-refractivity contribution in [1.29, 1.82) is 0 Å². The Bertz CT molecular complexity index is 702. The number of aliphatic hydroxyl groups is 1. The van der Waals surface area contributed by atoms with Gasteiger partial charge in [0.05, 0.1) is 12.7 Å². The van der Waals surface area contributed by atoms with Gasteiger partial charge < -0.3 is 9.84 Å². The lowest BCUT2D eigenvalue weighted by molar-refractivity contribution is 0.141. The van der Waals surface area contributed by atoms with E-state index in [0.717, 1.165) is 16.7 Å². The van der Waals surface area contributed by atoms with Gasteiger partial charge in [0.1, 0.15) is 5.75 Å². The van der Waals surface area contributed by atoms with Crippen LogP contribution in [0.5, 0.6) is 5.75 Å². The summed E-state index contributed by atoms with van der Waals surface area (Å²) in [6, 6.07) is 23.9. The fourth-order valence-corrected chi connectivity index (χ4v) is 2.44. The summed E-state index contributed by atoms with van der Waals surface area (Å²) in [7, 11) is 0. The van der Waals surface area contributed by atoms with E-state index < -0.39 is 6.10 Å². The molecule has 106 valence electrons.